The number of carboxylic acid groups (broad SMARTS) is 1. The van der Waals surface area contributed by atoms with Crippen LogP contribution in [0.3, 0.4) is 0 Å². The molecule has 0 amide bonds. The number of aromatic carboxylic acids is 1. The number of rotatable bonds is 16. The number of nitrogens with two attached hydrogens (primary N) is 1. The van der Waals surface area contributed by atoms with Crippen molar-refractivity contribution < 1.29 is 133 Å². The summed E-state index contributed by atoms with van der Waals surface area (Å²) in [6.07, 6.45) is 0. The van der Waals surface area contributed by atoms with Gasteiger partial charge in [0.05, 0.1) is 32.3 Å². The molecule has 11 N–H and O–H groups in total. The van der Waals surface area contributed by atoms with E-state index in [-0.39, 0.29) is 11.4 Å². The van der Waals surface area contributed by atoms with E-state index in [1.165, 1.54) is 18.2 Å². The van der Waals surface area contributed by atoms with Gasteiger partial charge < -0.3 is 26.2 Å². The van der Waals surface area contributed by atoms with Crippen LogP contribution in [0, 0.1) is 10.1 Å². The van der Waals surface area contributed by atoms with Crippen molar-refractivity contribution in [3.05, 3.63) is 119 Å². The highest BCUT2D eigenvalue weighted by atomic mass is 32.2. The van der Waals surface area contributed by atoms with Gasteiger partial charge in [0.25, 0.3) is 56.3 Å². The van der Waals surface area contributed by atoms with Crippen molar-refractivity contribution in [1.82, 2.24) is 9.78 Å². The highest BCUT2D eigenvalue weighted by Crippen LogP contribution is 2.48. The molecule has 0 bridgehead atoms. The number of nitro groups is 1. The van der Waals surface area contributed by atoms with E-state index in [1.807, 2.05) is 0 Å². The molecule has 8 rings (SSSR count). The van der Waals surface area contributed by atoms with Crippen LogP contribution in [-0.4, -0.2) is 144 Å². The molecule has 1 aromatic heterocycles. The average Bonchev–Trinajstić information content (AvgIpc) is 1.41. The lowest BCUT2D eigenvalue weighted by Gasteiger charge is -2.13. The predicted molar refractivity (Wildman–Crippen MR) is 302 cm³/mol. The summed E-state index contributed by atoms with van der Waals surface area (Å²) in [6, 6.07) is 15.5. The second-order valence-corrected chi connectivity index (χ2v) is 24.8. The van der Waals surface area contributed by atoms with Crippen molar-refractivity contribution in [2.45, 2.75) is 24.5 Å². The van der Waals surface area contributed by atoms with Crippen molar-refractivity contribution in [2.24, 2.45) is 40.9 Å². The molecule has 1 heterocycles. The minimum absolute atomic E-state index is 0.174. The third kappa shape index (κ3) is 18.2. The topological polar surface area (TPSA) is 709 Å². The SMILES string of the molecule is Nc1c(N=Nc2ccc3c(O)c(N=Nc4ccc(N=Nc5c(C(=O)O)nn(-c6ccc(S(=O)(=O)O)cc6)c5O)c(S(=O)(=O)O)c4)c(S(=O)(=O)O)cc3c2S(=O)(=O)O)cc(S(=O)(=O)O)c2ccc(N=Nc3ccccc3[N+](=O)[O-])c(O)c12.O=S(=O)=O.O=S(=O)=O.O=S(=O)=O. The van der Waals surface area contributed by atoms with Gasteiger partial charge in [-0.15, -0.1) is 73.7 Å². The second-order valence-electron chi connectivity index (χ2n) is 16.7. The summed E-state index contributed by atoms with van der Waals surface area (Å²) < 4.78 is 252. The predicted octanol–water partition coefficient (Wildman–Crippen LogP) is 5.37. The quantitative estimate of drug-likeness (QED) is 0.0191. The molecule has 43 nitrogen and oxygen atoms in total. The third-order valence-electron chi connectivity index (χ3n) is 11.0. The summed E-state index contributed by atoms with van der Waals surface area (Å²) in [5, 5.41) is 85.2. The number of aromatic nitrogens is 2. The molecule has 93 heavy (non-hydrogen) atoms. The standard InChI is InChI=1S/C42H28N12O22S5.3O3S/c43-34-28(17-30(78(65,66)67)22-11-13-26(39(56)33(22)34)47-45-24-3-1-2-4-29(24)54(60)61)49-48-27-14-10-21-23(40(27)81(74,75)76)16-32(80(71,72)73)35(38(21)55)50-44-18-5-12-25(31(15-18)79(68,69)70)46-51-36-37(42(58)59)52-53(41(36)57)19-6-8-20(9-7-19)77(62,63)64;3*1-4(2)3/h1-17,55-57H,43H2,(H,58,59)(H,62,63,64)(H,65,66,67)(H,68,69,70)(H,71,72,73)(H,74,75,76);;;. The zero-order valence-electron chi connectivity index (χ0n) is 44.1. The Morgan fingerprint density at radius 3 is 1.51 bits per heavy atom. The molecule has 0 atom stereocenters. The van der Waals surface area contributed by atoms with Gasteiger partial charge in [-0.3, -0.25) is 32.9 Å². The summed E-state index contributed by atoms with van der Waals surface area (Å²) >= 11 is 0. The minimum Gasteiger partial charge on any atom is -0.505 e. The minimum atomic E-state index is -5.65. The maximum absolute atomic E-state index is 13.0. The number of anilines is 1. The summed E-state index contributed by atoms with van der Waals surface area (Å²) in [6.45, 7) is 0. The molecular formula is C42H28N12O31S8. The smallest absolute Gasteiger partial charge is 0.425 e. The van der Waals surface area contributed by atoms with Crippen LogP contribution in [0.1, 0.15) is 10.5 Å². The number of fused-ring (bicyclic) bond motifs is 2. The first-order valence-electron chi connectivity index (χ1n) is 22.6. The van der Waals surface area contributed by atoms with Gasteiger partial charge in [-0.1, -0.05) is 18.2 Å². The van der Waals surface area contributed by atoms with Crippen LogP contribution < -0.4 is 5.73 Å². The van der Waals surface area contributed by atoms with Crippen LogP contribution in [0.25, 0.3) is 27.2 Å². The van der Waals surface area contributed by atoms with Crippen LogP contribution in [-0.2, 0) is 82.4 Å². The summed E-state index contributed by atoms with van der Waals surface area (Å²) in [5.74, 6) is -5.09. The molecule has 0 aliphatic heterocycles. The van der Waals surface area contributed by atoms with E-state index >= 15 is 0 Å². The molecule has 490 valence electrons. The largest absolute Gasteiger partial charge is 0.505 e. The lowest BCUT2D eigenvalue weighted by Crippen LogP contribution is -2.03. The van der Waals surface area contributed by atoms with E-state index in [0.29, 0.717) is 22.9 Å². The number of carboxylic acids is 1. The van der Waals surface area contributed by atoms with Gasteiger partial charge in [-0.25, -0.2) is 4.79 Å². The number of nitro benzene ring substituents is 1. The van der Waals surface area contributed by atoms with E-state index < -0.39 is 214 Å². The Morgan fingerprint density at radius 1 is 0.495 bits per heavy atom. The number of aromatic hydroxyl groups is 3. The number of azo groups is 4. The van der Waals surface area contributed by atoms with Crippen molar-refractivity contribution >= 4 is 167 Å². The number of phenols is 2. The molecule has 7 aromatic carbocycles. The lowest BCUT2D eigenvalue weighted by atomic mass is 10.1. The second kappa shape index (κ2) is 28.5. The van der Waals surface area contributed by atoms with Gasteiger partial charge in [0.1, 0.15) is 48.0 Å². The number of hydrogen-bond donors (Lipinski definition) is 10. The Balaban J connectivity index is 0.00000120. The molecule has 0 spiro atoms. The number of phenolic OH excluding ortho intramolecular Hbond substituents is 2. The molecular weight excluding hydrogens is 1430 g/mol. The molecule has 0 saturated carbocycles. The van der Waals surface area contributed by atoms with Crippen molar-refractivity contribution in [2.75, 3.05) is 5.73 Å². The highest BCUT2D eigenvalue weighted by Gasteiger charge is 2.30. The summed E-state index contributed by atoms with van der Waals surface area (Å²) in [4.78, 5) is 17.2. The fraction of sp³-hybridized carbons (Fsp3) is 0. The van der Waals surface area contributed by atoms with Gasteiger partial charge in [0.15, 0.2) is 22.9 Å². The van der Waals surface area contributed by atoms with Crippen LogP contribution in [0.5, 0.6) is 17.4 Å². The first kappa shape index (κ1) is 72.9. The Kier molecular flexibility index (Phi) is 22.4. The maximum Gasteiger partial charge on any atom is 0.425 e. The number of benzene rings is 7. The zero-order chi connectivity index (χ0) is 70.2. The van der Waals surface area contributed by atoms with Gasteiger partial charge in [0.2, 0.25) is 11.6 Å². The third-order valence-corrected chi connectivity index (χ3v) is 15.4. The summed E-state index contributed by atoms with van der Waals surface area (Å²) in [7, 11) is -35.9. The molecule has 0 saturated heterocycles. The number of hydrogen-bond acceptors (Lipinski definition) is 35. The number of nitrogens with zero attached hydrogens (tertiary/aromatic N) is 11. The molecule has 0 aliphatic rings. The molecule has 51 heteroatoms. The molecule has 0 radical (unpaired) electrons. The average molecular weight is 1450 g/mol. The molecule has 8 aromatic rings. The Morgan fingerprint density at radius 2 is 0.978 bits per heavy atom. The van der Waals surface area contributed by atoms with Crippen LogP contribution in [0.4, 0.5) is 56.9 Å². The number of carbonyl (C=O) groups is 1. The van der Waals surface area contributed by atoms with Crippen molar-refractivity contribution in [1.29, 1.82) is 0 Å². The number of nitrogen functional groups attached to an aromatic ring is 1. The fourth-order valence-corrected chi connectivity index (χ4v) is 10.7. The van der Waals surface area contributed by atoms with E-state index in [2.05, 4.69) is 46.0 Å². The monoisotopic (exact) mass is 1450 g/mol. The van der Waals surface area contributed by atoms with Crippen molar-refractivity contribution in [3.63, 3.8) is 0 Å². The van der Waals surface area contributed by atoms with Crippen LogP contribution in [0.15, 0.2) is 169 Å². The van der Waals surface area contributed by atoms with E-state index in [1.54, 1.807) is 0 Å². The number of para-hydroxylation sites is 1. The van der Waals surface area contributed by atoms with E-state index in [9.17, 15) is 100 Å². The Hall–Kier alpha value is -10.8. The fourth-order valence-electron chi connectivity index (χ4n) is 7.43. The van der Waals surface area contributed by atoms with Gasteiger partial charge in [-0.2, -0.15) is 57.0 Å². The molecule has 0 fully saturated rings. The van der Waals surface area contributed by atoms with Crippen molar-refractivity contribution in [3.8, 4) is 23.1 Å². The van der Waals surface area contributed by atoms with Gasteiger partial charge in [-0.05, 0) is 78.9 Å². The summed E-state index contributed by atoms with van der Waals surface area (Å²) in [5.41, 5.74) is -1.90. The maximum atomic E-state index is 13.0. The Labute approximate surface area is 519 Å². The van der Waals surface area contributed by atoms with Crippen LogP contribution >= 0.6 is 0 Å². The molecule has 0 aliphatic carbocycles. The first-order chi connectivity index (χ1) is 42.9. The van der Waals surface area contributed by atoms with Gasteiger partial charge >= 0.3 is 37.8 Å². The molecule has 0 unspecified atom stereocenters. The van der Waals surface area contributed by atoms with E-state index in [0.717, 1.165) is 66.7 Å². The lowest BCUT2D eigenvalue weighted by molar-refractivity contribution is -0.384. The first-order valence-corrected chi connectivity index (χ1v) is 32.8. The van der Waals surface area contributed by atoms with E-state index in [4.69, 9.17) is 43.6 Å². The zero-order valence-corrected chi connectivity index (χ0v) is 50.6. The normalized spacial score (nSPS) is 12.1. The van der Waals surface area contributed by atoms with Gasteiger partial charge in [0, 0.05) is 22.2 Å². The van der Waals surface area contributed by atoms with Crippen LogP contribution in [0.2, 0.25) is 0 Å². The Bertz CT molecular complexity index is 5480. The highest BCUT2D eigenvalue weighted by molar-refractivity contribution is 7.87.